The van der Waals surface area contributed by atoms with E-state index in [1.54, 1.807) is 0 Å². The number of carbonyl (C=O) groups excluding carboxylic acids is 2. The summed E-state index contributed by atoms with van der Waals surface area (Å²) in [5, 5.41) is 5.84. The molecule has 2 aromatic rings. The van der Waals surface area contributed by atoms with Crippen LogP contribution in [0, 0.1) is 0 Å². The van der Waals surface area contributed by atoms with Gasteiger partial charge in [-0.15, -0.1) is 0 Å². The maximum atomic E-state index is 12.3. The van der Waals surface area contributed by atoms with Crippen molar-refractivity contribution in [3.05, 3.63) is 35.0 Å². The number of ether oxygens (including phenoxy) is 1. The number of alkyl halides is 2. The fourth-order valence-corrected chi connectivity index (χ4v) is 2.89. The third-order valence-corrected chi connectivity index (χ3v) is 4.11. The average Bonchev–Trinajstić information content (AvgIpc) is 2.84. The van der Waals surface area contributed by atoms with Crippen molar-refractivity contribution in [1.29, 1.82) is 0 Å². The molecule has 1 aromatic heterocycles. The predicted molar refractivity (Wildman–Crippen MR) is 86.9 cm³/mol. The lowest BCUT2D eigenvalue weighted by Gasteiger charge is -2.11. The zero-order valence-electron chi connectivity index (χ0n) is 13.1. The highest BCUT2D eigenvalue weighted by molar-refractivity contribution is 6.32. The summed E-state index contributed by atoms with van der Waals surface area (Å²) in [4.78, 5) is 28.1. The van der Waals surface area contributed by atoms with Gasteiger partial charge in [0, 0.05) is 23.7 Å². The Morgan fingerprint density at radius 3 is 2.84 bits per heavy atom. The smallest absolute Gasteiger partial charge is 0.387 e. The van der Waals surface area contributed by atoms with Gasteiger partial charge in [-0.3, -0.25) is 14.6 Å². The van der Waals surface area contributed by atoms with Crippen LogP contribution in [0.2, 0.25) is 5.02 Å². The Hall–Kier alpha value is -2.48. The zero-order valence-corrected chi connectivity index (χ0v) is 13.8. The largest absolute Gasteiger partial charge is 0.433 e. The molecule has 132 valence electrons. The van der Waals surface area contributed by atoms with Gasteiger partial charge in [0.15, 0.2) is 0 Å². The fraction of sp³-hybridized carbons (Fsp3) is 0.312. The number of aromatic nitrogens is 1. The Labute approximate surface area is 146 Å². The summed E-state index contributed by atoms with van der Waals surface area (Å²) in [6.07, 6.45) is 1.81. The molecule has 1 aliphatic heterocycles. The van der Waals surface area contributed by atoms with Gasteiger partial charge in [-0.2, -0.15) is 8.78 Å². The molecule has 0 bridgehead atoms. The van der Waals surface area contributed by atoms with Crippen LogP contribution in [0.15, 0.2) is 24.4 Å². The lowest BCUT2D eigenvalue weighted by molar-refractivity contribution is -0.120. The Bertz CT molecular complexity index is 847. The second-order valence-corrected chi connectivity index (χ2v) is 6.16. The van der Waals surface area contributed by atoms with Crippen molar-refractivity contribution in [2.75, 3.05) is 0 Å². The van der Waals surface area contributed by atoms with Crippen molar-refractivity contribution in [3.8, 4) is 5.75 Å². The summed E-state index contributed by atoms with van der Waals surface area (Å²) in [5.74, 6) is -0.871. The lowest BCUT2D eigenvalue weighted by atomic mass is 10.1. The number of benzene rings is 1. The summed E-state index contributed by atoms with van der Waals surface area (Å²) in [6, 6.07) is 3.59. The van der Waals surface area contributed by atoms with Crippen molar-refractivity contribution in [3.63, 3.8) is 0 Å². The molecule has 1 aromatic carbocycles. The van der Waals surface area contributed by atoms with E-state index in [4.69, 9.17) is 11.6 Å². The Kier molecular flexibility index (Phi) is 4.71. The van der Waals surface area contributed by atoms with Crippen LogP contribution in [0.4, 0.5) is 8.78 Å². The maximum absolute atomic E-state index is 12.3. The summed E-state index contributed by atoms with van der Waals surface area (Å²) >= 11 is 5.91. The highest BCUT2D eigenvalue weighted by Gasteiger charge is 2.30. The van der Waals surface area contributed by atoms with Crippen molar-refractivity contribution in [2.24, 2.45) is 0 Å². The molecule has 1 saturated heterocycles. The molecule has 1 fully saturated rings. The number of rotatable bonds is 4. The summed E-state index contributed by atoms with van der Waals surface area (Å²) in [7, 11) is 0. The highest BCUT2D eigenvalue weighted by atomic mass is 35.5. The van der Waals surface area contributed by atoms with Gasteiger partial charge in [0.25, 0.3) is 5.91 Å². The number of pyridine rings is 1. The van der Waals surface area contributed by atoms with E-state index >= 15 is 0 Å². The molecule has 2 amide bonds. The Morgan fingerprint density at radius 2 is 2.20 bits per heavy atom. The number of fused-ring (bicyclic) bond motifs is 1. The molecule has 2 N–H and O–H groups in total. The summed E-state index contributed by atoms with van der Waals surface area (Å²) < 4.78 is 29.0. The quantitative estimate of drug-likeness (QED) is 0.867. The Morgan fingerprint density at radius 1 is 1.44 bits per heavy atom. The Balaban J connectivity index is 1.83. The molecule has 0 aliphatic carbocycles. The number of carbonyl (C=O) groups is 2. The van der Waals surface area contributed by atoms with Crippen LogP contribution in [0.5, 0.6) is 5.75 Å². The molecule has 1 unspecified atom stereocenters. The van der Waals surface area contributed by atoms with Gasteiger partial charge in [0.05, 0.1) is 16.1 Å². The summed E-state index contributed by atoms with van der Waals surface area (Å²) in [5.41, 5.74) is 0.585. The number of halogens is 3. The number of hydrogen-bond donors (Lipinski definition) is 2. The van der Waals surface area contributed by atoms with E-state index in [1.807, 2.05) is 6.92 Å². The third kappa shape index (κ3) is 3.79. The van der Waals surface area contributed by atoms with E-state index in [0.29, 0.717) is 17.3 Å². The van der Waals surface area contributed by atoms with Crippen molar-refractivity contribution in [1.82, 2.24) is 15.6 Å². The van der Waals surface area contributed by atoms with Crippen LogP contribution in [-0.2, 0) is 4.79 Å². The number of nitrogens with one attached hydrogen (secondary N) is 2. The van der Waals surface area contributed by atoms with Crippen molar-refractivity contribution in [2.45, 2.75) is 32.0 Å². The molecule has 2 atom stereocenters. The molecule has 1 aliphatic rings. The van der Waals surface area contributed by atoms with Crippen LogP contribution in [0.1, 0.15) is 23.7 Å². The van der Waals surface area contributed by atoms with Gasteiger partial charge in [-0.25, -0.2) is 0 Å². The van der Waals surface area contributed by atoms with Crippen LogP contribution in [0.3, 0.4) is 0 Å². The lowest BCUT2D eigenvalue weighted by Crippen LogP contribution is -2.40. The topological polar surface area (TPSA) is 80.3 Å². The van der Waals surface area contributed by atoms with E-state index in [-0.39, 0.29) is 28.3 Å². The zero-order chi connectivity index (χ0) is 18.1. The molecule has 9 heteroatoms. The molecule has 2 heterocycles. The molecule has 25 heavy (non-hydrogen) atoms. The molecule has 0 radical (unpaired) electrons. The van der Waals surface area contributed by atoms with Gasteiger partial charge < -0.3 is 15.4 Å². The number of nitrogens with zero attached hydrogens (tertiary/aromatic N) is 1. The first-order chi connectivity index (χ1) is 11.8. The van der Waals surface area contributed by atoms with E-state index < -0.39 is 18.6 Å². The molecule has 0 spiro atoms. The number of hydrogen-bond acceptors (Lipinski definition) is 4. The molecule has 0 saturated carbocycles. The van der Waals surface area contributed by atoms with Crippen molar-refractivity contribution < 1.29 is 23.1 Å². The van der Waals surface area contributed by atoms with Crippen LogP contribution in [-0.4, -0.2) is 35.5 Å². The monoisotopic (exact) mass is 369 g/mol. The molecule has 3 rings (SSSR count). The van der Waals surface area contributed by atoms with E-state index in [2.05, 4.69) is 20.4 Å². The van der Waals surface area contributed by atoms with E-state index in [9.17, 15) is 18.4 Å². The number of amides is 2. The molecular formula is C16H14ClF2N3O3. The van der Waals surface area contributed by atoms with Gasteiger partial charge >= 0.3 is 6.61 Å². The van der Waals surface area contributed by atoms with Crippen LogP contribution in [0.25, 0.3) is 10.9 Å². The first-order valence-electron chi connectivity index (χ1n) is 7.49. The van der Waals surface area contributed by atoms with Gasteiger partial charge in [-0.05, 0) is 25.5 Å². The second kappa shape index (κ2) is 6.79. The first kappa shape index (κ1) is 17.3. The minimum Gasteiger partial charge on any atom is -0.433 e. The first-order valence-corrected chi connectivity index (χ1v) is 7.86. The third-order valence-electron chi connectivity index (χ3n) is 3.81. The standard InChI is InChI=1S/C16H14ClF2N3O3/c1-7-2-12(15(24)21-7)22-14(23)9-3-8-4-10(17)13(25-16(18)19)5-11(8)20-6-9/h3-7,12,16H,2H2,1H3,(H,21,24)(H,22,23)/t7?,12-/m0/s1. The van der Waals surface area contributed by atoms with Crippen molar-refractivity contribution >= 4 is 34.3 Å². The van der Waals surface area contributed by atoms with Gasteiger partial charge in [-0.1, -0.05) is 11.6 Å². The fourth-order valence-electron chi connectivity index (χ4n) is 2.67. The van der Waals surface area contributed by atoms with Gasteiger partial charge in [0.1, 0.15) is 11.8 Å². The summed E-state index contributed by atoms with van der Waals surface area (Å²) in [6.45, 7) is -1.15. The minimum absolute atomic E-state index is 0.000379. The minimum atomic E-state index is -3.00. The second-order valence-electron chi connectivity index (χ2n) is 5.75. The SMILES string of the molecule is CC1C[C@H](NC(=O)c2cnc3cc(OC(F)F)c(Cl)cc3c2)C(=O)N1. The molecular weight excluding hydrogens is 356 g/mol. The van der Waals surface area contributed by atoms with E-state index in [1.165, 1.54) is 24.4 Å². The molecule has 6 nitrogen and oxygen atoms in total. The predicted octanol–water partition coefficient (Wildman–Crippen LogP) is 2.50. The van der Waals surface area contributed by atoms with E-state index in [0.717, 1.165) is 0 Å². The average molecular weight is 370 g/mol. The highest BCUT2D eigenvalue weighted by Crippen LogP contribution is 2.30. The normalized spacial score (nSPS) is 20.0. The maximum Gasteiger partial charge on any atom is 0.387 e. The van der Waals surface area contributed by atoms with Gasteiger partial charge in [0.2, 0.25) is 5.91 Å². The van der Waals surface area contributed by atoms with Crippen LogP contribution >= 0.6 is 11.6 Å². The van der Waals surface area contributed by atoms with Crippen LogP contribution < -0.4 is 15.4 Å².